The molecule has 4 aromatic rings. The summed E-state index contributed by atoms with van der Waals surface area (Å²) in [5.41, 5.74) is 3.15. The summed E-state index contributed by atoms with van der Waals surface area (Å²) < 4.78 is 6.18. The maximum Gasteiger partial charge on any atom is 0.331 e. The van der Waals surface area contributed by atoms with Crippen molar-refractivity contribution in [3.8, 4) is 0 Å². The Hall–Kier alpha value is -4.12. The van der Waals surface area contributed by atoms with E-state index in [0.29, 0.717) is 66.7 Å². The first kappa shape index (κ1) is 27.4. The number of nitrogens with one attached hydrogen (secondary N) is 1. The van der Waals surface area contributed by atoms with Crippen LogP contribution in [-0.2, 0) is 20.1 Å². The number of aliphatic hydroxyl groups excluding tert-OH is 1. The van der Waals surface area contributed by atoms with Gasteiger partial charge in [0.1, 0.15) is 0 Å². The van der Waals surface area contributed by atoms with E-state index < -0.39 is 0 Å². The van der Waals surface area contributed by atoms with Crippen LogP contribution in [0.15, 0.2) is 44.7 Å². The molecular weight excluding hydrogens is 512 g/mol. The molecule has 3 heterocycles. The fraction of sp³-hybridized carbons (Fsp3) is 0.448. The van der Waals surface area contributed by atoms with E-state index in [0.717, 1.165) is 11.1 Å². The summed E-state index contributed by atoms with van der Waals surface area (Å²) in [4.78, 5) is 55.1. The zero-order valence-corrected chi connectivity index (χ0v) is 23.4. The zero-order chi connectivity index (χ0) is 28.7. The molecule has 0 bridgehead atoms. The lowest BCUT2D eigenvalue weighted by molar-refractivity contribution is 0.0692. The monoisotopic (exact) mass is 548 g/mol. The van der Waals surface area contributed by atoms with E-state index >= 15 is 0 Å². The number of fused-ring (bicyclic) bond motifs is 2. The number of aryl methyl sites for hydroxylation is 4. The van der Waals surface area contributed by atoms with E-state index in [-0.39, 0.29) is 42.0 Å². The molecule has 212 valence electrons. The number of carbonyl (C=O) groups is 1. The molecule has 1 amide bonds. The Labute approximate surface area is 230 Å². The Kier molecular flexibility index (Phi) is 7.41. The van der Waals surface area contributed by atoms with Crippen molar-refractivity contribution in [2.75, 3.05) is 31.6 Å². The first-order chi connectivity index (χ1) is 19.2. The number of benzene rings is 2. The average Bonchev–Trinajstić information content (AvgIpc) is 3.23. The highest BCUT2D eigenvalue weighted by Gasteiger charge is 2.29. The summed E-state index contributed by atoms with van der Waals surface area (Å²) in [7, 11) is 1.67. The van der Waals surface area contributed by atoms with E-state index in [1.807, 2.05) is 39.0 Å². The van der Waals surface area contributed by atoms with Gasteiger partial charge in [-0.05, 0) is 57.9 Å². The highest BCUT2D eigenvalue weighted by Crippen LogP contribution is 2.28. The largest absolute Gasteiger partial charge is 0.395 e. The van der Waals surface area contributed by atoms with Crippen molar-refractivity contribution in [3.05, 3.63) is 72.8 Å². The molecule has 0 radical (unpaired) electrons. The normalized spacial score (nSPS) is 14.4. The molecule has 5 rings (SSSR count). The highest BCUT2D eigenvalue weighted by molar-refractivity contribution is 6.03. The number of piperidine rings is 1. The number of carbonyl (C=O) groups excluding carboxylic acids is 1. The van der Waals surface area contributed by atoms with Gasteiger partial charge in [0.2, 0.25) is 0 Å². The SMILES string of the molecule is CCn1c(=O)n(CC)c2cc(C(=O)N3CCC(n4c(=O)c5cc(C)ccc5n(C)c4=O)CC3)c(NCCO)cc21. The van der Waals surface area contributed by atoms with Gasteiger partial charge in [-0.1, -0.05) is 11.6 Å². The number of anilines is 1. The minimum absolute atomic E-state index is 0.109. The van der Waals surface area contributed by atoms with Gasteiger partial charge in [-0.2, -0.15) is 0 Å². The summed E-state index contributed by atoms with van der Waals surface area (Å²) in [5, 5.41) is 13.1. The standard InChI is InChI=1S/C29H36N6O5/c1-5-33-24-16-20(22(30-11-14-36)17-25(24)34(6-2)29(33)40)26(37)32-12-9-19(10-13-32)35-27(38)21-15-18(3)7-8-23(21)31(4)28(35)39/h7-8,15-17,19,30,36H,5-6,9-14H2,1-4H3. The van der Waals surface area contributed by atoms with Gasteiger partial charge < -0.3 is 15.3 Å². The predicted molar refractivity (Wildman–Crippen MR) is 155 cm³/mol. The van der Waals surface area contributed by atoms with Crippen molar-refractivity contribution >= 4 is 33.5 Å². The third kappa shape index (κ3) is 4.43. The van der Waals surface area contributed by atoms with Crippen molar-refractivity contribution in [2.45, 2.75) is 52.7 Å². The second-order valence-electron chi connectivity index (χ2n) is 10.4. The van der Waals surface area contributed by atoms with Crippen molar-refractivity contribution in [3.63, 3.8) is 0 Å². The van der Waals surface area contributed by atoms with E-state index in [1.54, 1.807) is 33.2 Å². The van der Waals surface area contributed by atoms with Gasteiger partial charge in [0.25, 0.3) is 11.5 Å². The van der Waals surface area contributed by atoms with Crippen LogP contribution in [0.4, 0.5) is 5.69 Å². The third-order valence-corrected chi connectivity index (χ3v) is 8.02. The Bertz CT molecular complexity index is 1790. The van der Waals surface area contributed by atoms with E-state index in [4.69, 9.17) is 0 Å². The van der Waals surface area contributed by atoms with Gasteiger partial charge in [0, 0.05) is 51.5 Å². The van der Waals surface area contributed by atoms with Crippen LogP contribution in [0, 0.1) is 6.92 Å². The quantitative estimate of drug-likeness (QED) is 0.364. The maximum absolute atomic E-state index is 13.8. The number of hydrogen-bond donors (Lipinski definition) is 2. The van der Waals surface area contributed by atoms with E-state index in [1.165, 1.54) is 9.13 Å². The van der Waals surface area contributed by atoms with Gasteiger partial charge in [-0.25, -0.2) is 9.59 Å². The minimum Gasteiger partial charge on any atom is -0.395 e. The van der Waals surface area contributed by atoms with Gasteiger partial charge in [0.15, 0.2) is 0 Å². The van der Waals surface area contributed by atoms with Crippen molar-refractivity contribution in [1.29, 1.82) is 0 Å². The number of likely N-dealkylation sites (tertiary alicyclic amines) is 1. The van der Waals surface area contributed by atoms with Gasteiger partial charge in [-0.3, -0.25) is 27.9 Å². The molecule has 1 aliphatic heterocycles. The molecule has 1 fully saturated rings. The molecule has 11 nitrogen and oxygen atoms in total. The molecule has 0 aliphatic carbocycles. The van der Waals surface area contributed by atoms with Crippen LogP contribution in [0.5, 0.6) is 0 Å². The van der Waals surface area contributed by atoms with E-state index in [9.17, 15) is 24.3 Å². The summed E-state index contributed by atoms with van der Waals surface area (Å²) in [5.74, 6) is -0.200. The smallest absolute Gasteiger partial charge is 0.331 e. The lowest BCUT2D eigenvalue weighted by Crippen LogP contribution is -2.46. The van der Waals surface area contributed by atoms with Gasteiger partial charge in [0.05, 0.1) is 34.1 Å². The number of aliphatic hydroxyl groups is 1. The van der Waals surface area contributed by atoms with Gasteiger partial charge in [-0.15, -0.1) is 0 Å². The van der Waals surface area contributed by atoms with Crippen molar-refractivity contribution in [1.82, 2.24) is 23.2 Å². The third-order valence-electron chi connectivity index (χ3n) is 8.02. The first-order valence-electron chi connectivity index (χ1n) is 13.8. The molecule has 0 unspecified atom stereocenters. The van der Waals surface area contributed by atoms with Crippen LogP contribution < -0.4 is 22.3 Å². The molecular formula is C29H36N6O5. The topological polar surface area (TPSA) is 124 Å². The van der Waals surface area contributed by atoms with Crippen LogP contribution >= 0.6 is 0 Å². The highest BCUT2D eigenvalue weighted by atomic mass is 16.3. The van der Waals surface area contributed by atoms with Crippen LogP contribution in [0.25, 0.3) is 21.9 Å². The number of aromatic nitrogens is 4. The number of rotatable bonds is 7. The van der Waals surface area contributed by atoms with Crippen molar-refractivity contribution < 1.29 is 9.90 Å². The van der Waals surface area contributed by atoms with Crippen LogP contribution in [0.1, 0.15) is 48.7 Å². The van der Waals surface area contributed by atoms with Crippen LogP contribution in [0.2, 0.25) is 0 Å². The Morgan fingerprint density at radius 1 is 0.950 bits per heavy atom. The molecule has 2 aromatic carbocycles. The molecule has 11 heteroatoms. The lowest BCUT2D eigenvalue weighted by atomic mass is 10.0. The summed E-state index contributed by atoms with van der Waals surface area (Å²) >= 11 is 0. The molecule has 0 atom stereocenters. The minimum atomic E-state index is -0.356. The molecule has 2 N–H and O–H groups in total. The average molecular weight is 549 g/mol. The second kappa shape index (κ2) is 10.8. The molecule has 1 aliphatic rings. The predicted octanol–water partition coefficient (Wildman–Crippen LogP) is 2.05. The summed E-state index contributed by atoms with van der Waals surface area (Å²) in [6.07, 6.45) is 0.928. The molecule has 0 saturated carbocycles. The first-order valence-corrected chi connectivity index (χ1v) is 13.8. The number of hydrogen-bond acceptors (Lipinski definition) is 6. The zero-order valence-electron chi connectivity index (χ0n) is 23.4. The summed E-state index contributed by atoms with van der Waals surface area (Å²) in [6.45, 7) is 7.57. The number of imidazole rings is 1. The van der Waals surface area contributed by atoms with Crippen LogP contribution in [-0.4, -0.2) is 60.4 Å². The number of amides is 1. The molecule has 2 aromatic heterocycles. The van der Waals surface area contributed by atoms with Crippen molar-refractivity contribution in [2.24, 2.45) is 7.05 Å². The molecule has 0 spiro atoms. The van der Waals surface area contributed by atoms with E-state index in [2.05, 4.69) is 5.32 Å². The number of nitrogens with zero attached hydrogens (tertiary/aromatic N) is 5. The molecule has 1 saturated heterocycles. The van der Waals surface area contributed by atoms with Gasteiger partial charge >= 0.3 is 11.4 Å². The lowest BCUT2D eigenvalue weighted by Gasteiger charge is -2.33. The fourth-order valence-corrected chi connectivity index (χ4v) is 5.90. The maximum atomic E-state index is 13.8. The Balaban J connectivity index is 1.47. The fourth-order valence-electron chi connectivity index (χ4n) is 5.90. The Morgan fingerprint density at radius 3 is 2.23 bits per heavy atom. The Morgan fingerprint density at radius 2 is 1.60 bits per heavy atom. The molecule has 40 heavy (non-hydrogen) atoms. The second-order valence-corrected chi connectivity index (χ2v) is 10.4. The summed E-state index contributed by atoms with van der Waals surface area (Å²) in [6, 6.07) is 8.73. The van der Waals surface area contributed by atoms with Crippen LogP contribution in [0.3, 0.4) is 0 Å².